The predicted molar refractivity (Wildman–Crippen MR) is 253 cm³/mol. The molecule has 1 heterocycles. The third-order valence-electron chi connectivity index (χ3n) is 12.8. The molecule has 0 aliphatic carbocycles. The quantitative estimate of drug-likeness (QED) is 0.0476. The molecule has 8 aromatic rings. The summed E-state index contributed by atoms with van der Waals surface area (Å²) in [5.74, 6) is 1.08. The van der Waals surface area contributed by atoms with Crippen molar-refractivity contribution in [3.05, 3.63) is 224 Å². The Kier molecular flexibility index (Phi) is 16.7. The van der Waals surface area contributed by atoms with E-state index in [2.05, 4.69) is 12.1 Å². The average molecular weight is 1220 g/mol. The number of pyridine rings is 1. The minimum Gasteiger partial charge on any atom is -0.404 e. The summed E-state index contributed by atoms with van der Waals surface area (Å²) in [6.45, 7) is 0.635. The Balaban J connectivity index is 0.000000309. The second kappa shape index (κ2) is 22.3. The maximum atomic E-state index is 14.2. The molecule has 7 aromatic carbocycles. The molecule has 5 nitrogen and oxygen atoms in total. The lowest BCUT2D eigenvalue weighted by atomic mass is 9.12. The summed E-state index contributed by atoms with van der Waals surface area (Å²) >= 11 is 0. The van der Waals surface area contributed by atoms with Crippen LogP contribution in [0.3, 0.4) is 0 Å². The van der Waals surface area contributed by atoms with Crippen LogP contribution in [0.15, 0.2) is 164 Å². The van der Waals surface area contributed by atoms with E-state index in [1.54, 1.807) is 12.1 Å². The van der Waals surface area contributed by atoms with Crippen LogP contribution in [0.2, 0.25) is 0 Å². The number of alkyl halides is 24. The van der Waals surface area contributed by atoms with Crippen LogP contribution >= 0.6 is 0 Å². The van der Waals surface area contributed by atoms with Gasteiger partial charge in [0.15, 0.2) is 12.7 Å². The molecule has 0 fully saturated rings. The summed E-state index contributed by atoms with van der Waals surface area (Å²) in [6.07, 6.45) is -52.8. The van der Waals surface area contributed by atoms with Crippen molar-refractivity contribution in [2.75, 3.05) is 0 Å². The minimum atomic E-state index is -6.13. The van der Waals surface area contributed by atoms with E-state index in [4.69, 9.17) is 4.74 Å². The predicted octanol–water partition coefficient (Wildman–Crippen LogP) is 16.1. The van der Waals surface area contributed by atoms with E-state index < -0.39 is 200 Å². The molecule has 0 saturated carbocycles. The standard InChI is InChI=1S/C32H12BF24.C22H17N2O3/c34-25(35,36)13-1-14(26(37,38)39)6-21(5-13)33(22-7-15(27(40,41)42)2-16(8-22)28(43,44)45,23-9-17(29(46,47)48)3-18(10-23)30(49,50)51)24-11-19(31(52,53)54)4-20(12-24)32(55,56)57;25-24(26)19-10-6-11-20(15-19)27-22-21-12-5-4-9-18(21)13-14-23(22)16-17-7-2-1-3-8-17/h1-12H;1-15H,16H2/q-1;+1. The van der Waals surface area contributed by atoms with Crippen LogP contribution in [0, 0.1) is 10.1 Å². The number of nitro benzene ring substituents is 1. The number of hydrogen-bond acceptors (Lipinski definition) is 3. The van der Waals surface area contributed by atoms with Gasteiger partial charge in [-0.15, -0.1) is 0 Å². The lowest BCUT2D eigenvalue weighted by molar-refractivity contribution is -0.691. The molecule has 0 aliphatic heterocycles. The number of nitro groups is 1. The first-order valence-electron chi connectivity index (χ1n) is 23.2. The SMILES string of the molecule is FC(F)(F)c1cc([B-](c2cc(C(F)(F)F)cc(C(F)(F)F)c2)(c2cc(C(F)(F)F)cc(C(F)(F)F)c2)c2cc(C(F)(F)F)cc(C(F)(F)F)c2)cc(C(F)(F)F)c1.O=[N+]([O-])c1cccc(Oc2c3ccccc3cc[n+]2Cc2ccccc2)c1. The summed E-state index contributed by atoms with van der Waals surface area (Å²) in [6, 6.07) is 17.5. The Morgan fingerprint density at radius 3 is 1.02 bits per heavy atom. The highest BCUT2D eigenvalue weighted by Crippen LogP contribution is 2.42. The van der Waals surface area contributed by atoms with Crippen LogP contribution in [-0.2, 0) is 56.0 Å². The molecule has 8 rings (SSSR count). The van der Waals surface area contributed by atoms with E-state index in [-0.39, 0.29) is 5.69 Å². The molecule has 0 aliphatic rings. The summed E-state index contributed by atoms with van der Waals surface area (Å²) in [5, 5.41) is 13.1. The first-order valence-corrected chi connectivity index (χ1v) is 23.2. The fourth-order valence-electron chi connectivity index (χ4n) is 9.09. The molecule has 84 heavy (non-hydrogen) atoms. The van der Waals surface area contributed by atoms with Crippen LogP contribution in [-0.4, -0.2) is 11.1 Å². The van der Waals surface area contributed by atoms with E-state index in [0.717, 1.165) is 16.3 Å². The van der Waals surface area contributed by atoms with Gasteiger partial charge < -0.3 is 4.74 Å². The number of aromatic nitrogens is 1. The third-order valence-corrected chi connectivity index (χ3v) is 12.8. The molecule has 0 spiro atoms. The molecular formula is C54H29BF24N2O3. The van der Waals surface area contributed by atoms with Gasteiger partial charge >= 0.3 is 55.3 Å². The van der Waals surface area contributed by atoms with Crippen LogP contribution < -0.4 is 31.2 Å². The van der Waals surface area contributed by atoms with Crippen molar-refractivity contribution in [2.45, 2.75) is 56.0 Å². The Morgan fingerprint density at radius 1 is 0.381 bits per heavy atom. The van der Waals surface area contributed by atoms with Crippen molar-refractivity contribution < 1.29 is 120 Å². The fourth-order valence-corrected chi connectivity index (χ4v) is 9.09. The largest absolute Gasteiger partial charge is 0.416 e. The van der Waals surface area contributed by atoms with Crippen molar-refractivity contribution in [2.24, 2.45) is 0 Å². The zero-order valence-electron chi connectivity index (χ0n) is 41.1. The highest BCUT2D eigenvalue weighted by Gasteiger charge is 2.47. The minimum absolute atomic E-state index is 0.00217. The van der Waals surface area contributed by atoms with Gasteiger partial charge in [-0.25, -0.2) is 0 Å². The van der Waals surface area contributed by atoms with Crippen molar-refractivity contribution >= 4 is 44.5 Å². The molecule has 0 atom stereocenters. The Hall–Kier alpha value is -8.47. The first-order chi connectivity index (χ1) is 38.5. The van der Waals surface area contributed by atoms with Crippen molar-refractivity contribution in [3.8, 4) is 11.6 Å². The highest BCUT2D eigenvalue weighted by molar-refractivity contribution is 7.20. The lowest BCUT2D eigenvalue weighted by Crippen LogP contribution is -2.75. The molecule has 0 bridgehead atoms. The summed E-state index contributed by atoms with van der Waals surface area (Å²) in [5.41, 5.74) is -29.1. The number of halogens is 24. The van der Waals surface area contributed by atoms with Crippen molar-refractivity contribution in [3.63, 3.8) is 0 Å². The van der Waals surface area contributed by atoms with Gasteiger partial charge in [-0.3, -0.25) is 10.1 Å². The Morgan fingerprint density at radius 2 is 0.702 bits per heavy atom. The molecule has 0 N–H and O–H groups in total. The number of nitrogens with zero attached hydrogens (tertiary/aromatic N) is 2. The molecule has 0 amide bonds. The molecule has 1 aromatic heterocycles. The van der Waals surface area contributed by atoms with Crippen LogP contribution in [0.5, 0.6) is 11.6 Å². The third kappa shape index (κ3) is 14.1. The Bertz CT molecular complexity index is 3290. The van der Waals surface area contributed by atoms with E-state index in [1.807, 2.05) is 59.3 Å². The van der Waals surface area contributed by atoms with Gasteiger partial charge in [-0.1, -0.05) is 103 Å². The maximum absolute atomic E-state index is 14.2. The van der Waals surface area contributed by atoms with Gasteiger partial charge in [0.25, 0.3) is 5.69 Å². The zero-order valence-corrected chi connectivity index (χ0v) is 41.1. The van der Waals surface area contributed by atoms with E-state index >= 15 is 0 Å². The summed E-state index contributed by atoms with van der Waals surface area (Å²) < 4.78 is 349. The second-order valence-electron chi connectivity index (χ2n) is 18.4. The summed E-state index contributed by atoms with van der Waals surface area (Å²) in [4.78, 5) is 10.6. The lowest BCUT2D eigenvalue weighted by Gasteiger charge is -2.46. The highest BCUT2D eigenvalue weighted by atomic mass is 19.4. The van der Waals surface area contributed by atoms with E-state index in [0.29, 0.717) is 18.2 Å². The molecule has 0 radical (unpaired) electrons. The normalized spacial score (nSPS) is 13.1. The first kappa shape index (κ1) is 63.1. The molecule has 444 valence electrons. The topological polar surface area (TPSA) is 56.3 Å². The van der Waals surface area contributed by atoms with Crippen LogP contribution in [0.25, 0.3) is 10.8 Å². The zero-order chi connectivity index (χ0) is 62.6. The average Bonchev–Trinajstić information content (AvgIpc) is 0.782. The van der Waals surface area contributed by atoms with Crippen molar-refractivity contribution in [1.29, 1.82) is 0 Å². The monoisotopic (exact) mass is 1220 g/mol. The fraction of sp³-hybridized carbons (Fsp3) is 0.167. The summed E-state index contributed by atoms with van der Waals surface area (Å²) in [7, 11) is 0. The van der Waals surface area contributed by atoms with E-state index in [1.165, 1.54) is 12.1 Å². The molecule has 0 unspecified atom stereocenters. The second-order valence-corrected chi connectivity index (χ2v) is 18.4. The smallest absolute Gasteiger partial charge is 0.404 e. The number of hydrogen-bond donors (Lipinski definition) is 0. The number of benzene rings is 7. The van der Waals surface area contributed by atoms with Gasteiger partial charge in [0, 0.05) is 17.7 Å². The van der Waals surface area contributed by atoms with Gasteiger partial charge in [0.05, 0.1) is 60.9 Å². The molecular weight excluding hydrogens is 1190 g/mol. The molecule has 0 saturated heterocycles. The Labute approximate surface area is 455 Å². The number of rotatable bonds is 9. The number of ether oxygens (including phenoxy) is 1. The number of fused-ring (bicyclic) bond motifs is 1. The van der Waals surface area contributed by atoms with Gasteiger partial charge in [-0.05, 0) is 41.8 Å². The maximum Gasteiger partial charge on any atom is 0.416 e. The van der Waals surface area contributed by atoms with Crippen LogP contribution in [0.1, 0.15) is 50.1 Å². The molecule has 30 heteroatoms. The number of non-ortho nitro benzene ring substituents is 1. The van der Waals surface area contributed by atoms with Crippen LogP contribution in [0.4, 0.5) is 111 Å². The van der Waals surface area contributed by atoms with E-state index in [9.17, 15) is 115 Å². The van der Waals surface area contributed by atoms with Gasteiger partial charge in [-0.2, -0.15) is 132 Å². The van der Waals surface area contributed by atoms with Crippen molar-refractivity contribution in [1.82, 2.24) is 0 Å². The van der Waals surface area contributed by atoms with Gasteiger partial charge in [0.1, 0.15) is 11.9 Å². The van der Waals surface area contributed by atoms with Gasteiger partial charge in [0.2, 0.25) is 0 Å².